The Morgan fingerprint density at radius 1 is 1.37 bits per heavy atom. The molecule has 1 aliphatic heterocycles. The molecule has 2 rings (SSSR count). The van der Waals surface area contributed by atoms with Gasteiger partial charge in [0.25, 0.3) is 0 Å². The molecule has 19 heavy (non-hydrogen) atoms. The first-order valence-electron chi connectivity index (χ1n) is 7.09. The van der Waals surface area contributed by atoms with Gasteiger partial charge in [0.1, 0.15) is 12.2 Å². The number of piperidine rings is 1. The molecule has 1 unspecified atom stereocenters. The number of nitrogens with zero attached hydrogens (tertiary/aromatic N) is 4. The van der Waals surface area contributed by atoms with E-state index in [4.69, 9.17) is 5.84 Å². The Bertz CT molecular complexity index is 394. The molecule has 0 saturated carbocycles. The summed E-state index contributed by atoms with van der Waals surface area (Å²) >= 11 is 0. The van der Waals surface area contributed by atoms with Crippen molar-refractivity contribution in [2.45, 2.75) is 51.1 Å². The second-order valence-electron chi connectivity index (χ2n) is 5.92. The van der Waals surface area contributed by atoms with Gasteiger partial charge in [-0.3, -0.25) is 20.9 Å². The Kier molecular flexibility index (Phi) is 4.54. The largest absolute Gasteiger partial charge is 0.297 e. The molecule has 6 nitrogen and oxygen atoms in total. The normalized spacial score (nSPS) is 19.6. The second-order valence-corrected chi connectivity index (χ2v) is 5.92. The third kappa shape index (κ3) is 3.13. The molecule has 1 aliphatic rings. The van der Waals surface area contributed by atoms with E-state index in [1.54, 1.807) is 6.33 Å². The average molecular weight is 266 g/mol. The fourth-order valence-corrected chi connectivity index (χ4v) is 2.89. The van der Waals surface area contributed by atoms with Gasteiger partial charge in [-0.25, -0.2) is 4.98 Å². The van der Waals surface area contributed by atoms with Crippen molar-refractivity contribution in [2.24, 2.45) is 12.9 Å². The van der Waals surface area contributed by atoms with Crippen molar-refractivity contribution in [3.8, 4) is 0 Å². The number of hydrogen-bond donors (Lipinski definition) is 2. The van der Waals surface area contributed by atoms with E-state index in [9.17, 15) is 0 Å². The first-order chi connectivity index (χ1) is 9.05. The zero-order chi connectivity index (χ0) is 13.9. The zero-order valence-corrected chi connectivity index (χ0v) is 12.3. The highest BCUT2D eigenvalue weighted by molar-refractivity contribution is 5.00. The summed E-state index contributed by atoms with van der Waals surface area (Å²) in [5.74, 6) is 6.76. The Morgan fingerprint density at radius 2 is 2.05 bits per heavy atom. The molecule has 0 bridgehead atoms. The van der Waals surface area contributed by atoms with E-state index in [1.165, 1.54) is 19.3 Å². The molecule has 0 spiro atoms. The number of hydrogen-bond acceptors (Lipinski definition) is 5. The highest BCUT2D eigenvalue weighted by Crippen LogP contribution is 2.25. The van der Waals surface area contributed by atoms with E-state index in [-0.39, 0.29) is 11.6 Å². The monoisotopic (exact) mass is 266 g/mol. The molecule has 0 amide bonds. The number of nitrogens with two attached hydrogens (primary N) is 1. The molecule has 1 fully saturated rings. The quantitative estimate of drug-likeness (QED) is 0.598. The van der Waals surface area contributed by atoms with Gasteiger partial charge in [-0.15, -0.1) is 0 Å². The summed E-state index contributed by atoms with van der Waals surface area (Å²) in [6.07, 6.45) is 6.29. The predicted molar refractivity (Wildman–Crippen MR) is 75.3 cm³/mol. The van der Waals surface area contributed by atoms with Crippen LogP contribution < -0.4 is 11.3 Å². The fraction of sp³-hybridized carbons (Fsp3) is 0.846. The summed E-state index contributed by atoms with van der Waals surface area (Å²) in [7, 11) is 1.92. The summed E-state index contributed by atoms with van der Waals surface area (Å²) < 4.78 is 1.82. The number of rotatable bonds is 5. The molecular formula is C13H26N6. The van der Waals surface area contributed by atoms with Crippen LogP contribution in [0.5, 0.6) is 0 Å². The Hall–Kier alpha value is -0.980. The van der Waals surface area contributed by atoms with Gasteiger partial charge in [-0.1, -0.05) is 6.42 Å². The van der Waals surface area contributed by atoms with Crippen LogP contribution in [0, 0.1) is 0 Å². The second kappa shape index (κ2) is 5.98. The lowest BCUT2D eigenvalue weighted by atomic mass is 9.88. The predicted octanol–water partition coefficient (Wildman–Crippen LogP) is 0.454. The lowest BCUT2D eigenvalue weighted by Crippen LogP contribution is -2.61. The van der Waals surface area contributed by atoms with Crippen molar-refractivity contribution in [1.29, 1.82) is 0 Å². The zero-order valence-electron chi connectivity index (χ0n) is 12.3. The van der Waals surface area contributed by atoms with Crippen molar-refractivity contribution < 1.29 is 0 Å². The highest BCUT2D eigenvalue weighted by Gasteiger charge is 2.36. The van der Waals surface area contributed by atoms with Gasteiger partial charge in [0.15, 0.2) is 0 Å². The maximum atomic E-state index is 5.80. The van der Waals surface area contributed by atoms with Crippen LogP contribution in [0.15, 0.2) is 6.33 Å². The molecule has 108 valence electrons. The van der Waals surface area contributed by atoms with Crippen LogP contribution in [-0.4, -0.2) is 44.3 Å². The van der Waals surface area contributed by atoms with Gasteiger partial charge < -0.3 is 0 Å². The summed E-state index contributed by atoms with van der Waals surface area (Å²) in [6, 6.07) is 0.161. The van der Waals surface area contributed by atoms with Crippen molar-refractivity contribution in [2.75, 3.05) is 13.1 Å². The Balaban J connectivity index is 2.08. The van der Waals surface area contributed by atoms with Crippen LogP contribution >= 0.6 is 0 Å². The van der Waals surface area contributed by atoms with Crippen LogP contribution in [-0.2, 0) is 13.5 Å². The van der Waals surface area contributed by atoms with Gasteiger partial charge >= 0.3 is 0 Å². The van der Waals surface area contributed by atoms with Crippen LogP contribution in [0.2, 0.25) is 0 Å². The summed E-state index contributed by atoms with van der Waals surface area (Å²) in [6.45, 7) is 6.84. The van der Waals surface area contributed by atoms with Gasteiger partial charge in [0.2, 0.25) is 0 Å². The molecular weight excluding hydrogens is 240 g/mol. The van der Waals surface area contributed by atoms with Crippen molar-refractivity contribution in [3.63, 3.8) is 0 Å². The topological polar surface area (TPSA) is 72.0 Å². The minimum Gasteiger partial charge on any atom is -0.297 e. The average Bonchev–Trinajstić information content (AvgIpc) is 2.82. The van der Waals surface area contributed by atoms with E-state index >= 15 is 0 Å². The van der Waals surface area contributed by atoms with Gasteiger partial charge in [0, 0.05) is 25.0 Å². The molecule has 1 atom stereocenters. The summed E-state index contributed by atoms with van der Waals surface area (Å²) in [4.78, 5) is 6.84. The molecule has 0 radical (unpaired) electrons. The third-order valence-electron chi connectivity index (χ3n) is 4.42. The number of aromatic nitrogens is 3. The van der Waals surface area contributed by atoms with Crippen molar-refractivity contribution in [3.05, 3.63) is 12.2 Å². The van der Waals surface area contributed by atoms with E-state index < -0.39 is 0 Å². The number of hydrazine groups is 1. The molecule has 3 N–H and O–H groups in total. The maximum absolute atomic E-state index is 5.80. The van der Waals surface area contributed by atoms with Crippen molar-refractivity contribution >= 4 is 0 Å². The summed E-state index contributed by atoms with van der Waals surface area (Å²) in [5, 5.41) is 4.12. The molecule has 0 aliphatic carbocycles. The van der Waals surface area contributed by atoms with Crippen LogP contribution in [0.25, 0.3) is 0 Å². The van der Waals surface area contributed by atoms with Crippen LogP contribution in [0.4, 0.5) is 0 Å². The molecule has 1 saturated heterocycles. The number of likely N-dealkylation sites (tertiary alicyclic amines) is 1. The van der Waals surface area contributed by atoms with Gasteiger partial charge in [-0.05, 0) is 39.8 Å². The van der Waals surface area contributed by atoms with Gasteiger partial charge in [0.05, 0.1) is 0 Å². The Morgan fingerprint density at radius 3 is 2.58 bits per heavy atom. The maximum Gasteiger partial charge on any atom is 0.138 e. The van der Waals surface area contributed by atoms with E-state index in [0.717, 1.165) is 25.3 Å². The Labute approximate surface area is 115 Å². The fourth-order valence-electron chi connectivity index (χ4n) is 2.89. The lowest BCUT2D eigenvalue weighted by molar-refractivity contribution is 0.0602. The van der Waals surface area contributed by atoms with Crippen molar-refractivity contribution in [1.82, 2.24) is 25.1 Å². The first-order valence-corrected chi connectivity index (χ1v) is 7.09. The first kappa shape index (κ1) is 14.4. The number of nitrogens with one attached hydrogen (secondary N) is 1. The summed E-state index contributed by atoms with van der Waals surface area (Å²) in [5.41, 5.74) is 3.00. The highest BCUT2D eigenvalue weighted by atomic mass is 15.3. The third-order valence-corrected chi connectivity index (χ3v) is 4.42. The smallest absolute Gasteiger partial charge is 0.138 e. The molecule has 0 aromatic carbocycles. The molecule has 2 heterocycles. The standard InChI is InChI=1S/C13H26N6/c1-13(2,19-7-5-4-6-8-19)11(17-14)9-12-15-10-16-18(12)3/h10-11,17H,4-9,14H2,1-3H3. The van der Waals surface area contributed by atoms with Crippen LogP contribution in [0.3, 0.4) is 0 Å². The molecule has 1 aromatic heterocycles. The molecule has 1 aromatic rings. The minimum absolute atomic E-state index is 0.0150. The van der Waals surface area contributed by atoms with Crippen LogP contribution in [0.1, 0.15) is 38.9 Å². The van der Waals surface area contributed by atoms with Gasteiger partial charge in [-0.2, -0.15) is 5.10 Å². The number of aryl methyl sites for hydroxylation is 1. The van der Waals surface area contributed by atoms with E-state index in [0.29, 0.717) is 0 Å². The SMILES string of the molecule is Cn1ncnc1CC(NN)C(C)(C)N1CCCCC1. The van der Waals surface area contributed by atoms with E-state index in [1.807, 2.05) is 11.7 Å². The minimum atomic E-state index is 0.0150. The molecule has 6 heteroatoms. The van der Waals surface area contributed by atoms with E-state index in [2.05, 4.69) is 34.3 Å². The lowest BCUT2D eigenvalue weighted by Gasteiger charge is -2.45.